The first kappa shape index (κ1) is 14.2. The third-order valence-corrected chi connectivity index (χ3v) is 4.65. The van der Waals surface area contributed by atoms with Gasteiger partial charge >= 0.3 is 0 Å². The predicted molar refractivity (Wildman–Crippen MR) is 79.5 cm³/mol. The molecule has 0 bridgehead atoms. The lowest BCUT2D eigenvalue weighted by molar-refractivity contribution is -0.136. The normalized spacial score (nSPS) is 26.5. The second-order valence-corrected chi connectivity index (χ2v) is 6.10. The van der Waals surface area contributed by atoms with E-state index in [1.54, 1.807) is 0 Å². The van der Waals surface area contributed by atoms with E-state index in [0.29, 0.717) is 12.8 Å². The van der Waals surface area contributed by atoms with Crippen LogP contribution in [0.3, 0.4) is 0 Å². The summed E-state index contributed by atoms with van der Waals surface area (Å²) in [5, 5.41) is 2.81. The number of nitrogens with zero attached hydrogens (tertiary/aromatic N) is 2. The van der Waals surface area contributed by atoms with Gasteiger partial charge in [0.1, 0.15) is 6.04 Å². The van der Waals surface area contributed by atoms with Crippen LogP contribution in [0.4, 0.5) is 0 Å². The Balaban J connectivity index is 1.83. The van der Waals surface area contributed by atoms with Crippen molar-refractivity contribution in [2.45, 2.75) is 50.6 Å². The van der Waals surface area contributed by atoms with Gasteiger partial charge in [-0.15, -0.1) is 0 Å². The molecule has 3 rings (SSSR count). The predicted octanol–water partition coefficient (Wildman–Crippen LogP) is 1.75. The number of likely N-dealkylation sites (tertiary alicyclic amines) is 1. The molecule has 2 saturated heterocycles. The largest absolute Gasteiger partial charge is 0.353 e. The zero-order valence-corrected chi connectivity index (χ0v) is 12.5. The van der Waals surface area contributed by atoms with Gasteiger partial charge in [0, 0.05) is 31.9 Å². The van der Waals surface area contributed by atoms with Crippen molar-refractivity contribution < 1.29 is 9.59 Å². The van der Waals surface area contributed by atoms with E-state index in [9.17, 15) is 9.59 Å². The van der Waals surface area contributed by atoms with Crippen LogP contribution in [-0.4, -0.2) is 33.9 Å². The van der Waals surface area contributed by atoms with Crippen molar-refractivity contribution in [2.75, 3.05) is 6.54 Å². The fourth-order valence-corrected chi connectivity index (χ4v) is 3.50. The van der Waals surface area contributed by atoms with Crippen molar-refractivity contribution in [3.05, 3.63) is 24.0 Å². The van der Waals surface area contributed by atoms with Crippen molar-refractivity contribution >= 4 is 11.8 Å². The third-order valence-electron chi connectivity index (χ3n) is 4.65. The van der Waals surface area contributed by atoms with Crippen molar-refractivity contribution in [1.29, 1.82) is 0 Å². The van der Waals surface area contributed by atoms with Gasteiger partial charge in [-0.1, -0.05) is 12.8 Å². The highest BCUT2D eigenvalue weighted by molar-refractivity contribution is 5.91. The van der Waals surface area contributed by atoms with Crippen molar-refractivity contribution in [1.82, 2.24) is 14.8 Å². The average molecular weight is 289 g/mol. The molecule has 5 nitrogen and oxygen atoms in total. The summed E-state index contributed by atoms with van der Waals surface area (Å²) in [7, 11) is 2.03. The Morgan fingerprint density at radius 2 is 2.14 bits per heavy atom. The maximum absolute atomic E-state index is 12.8. The number of amides is 2. The molecule has 2 fully saturated rings. The van der Waals surface area contributed by atoms with E-state index in [2.05, 4.69) is 16.0 Å². The summed E-state index contributed by atoms with van der Waals surface area (Å²) in [5.74, 6) is 0.0903. The molecule has 0 saturated carbocycles. The van der Waals surface area contributed by atoms with Crippen LogP contribution in [0.1, 0.15) is 50.3 Å². The molecule has 2 amide bonds. The lowest BCUT2D eigenvalue weighted by Gasteiger charge is -2.32. The minimum absolute atomic E-state index is 0.00131. The molecule has 1 aromatic rings. The van der Waals surface area contributed by atoms with Gasteiger partial charge in [-0.2, -0.15) is 0 Å². The molecule has 5 heteroatoms. The second kappa shape index (κ2) is 5.92. The van der Waals surface area contributed by atoms with Crippen molar-refractivity contribution in [2.24, 2.45) is 7.05 Å². The number of hydrogen-bond acceptors (Lipinski definition) is 2. The number of hydrogen-bond donors (Lipinski definition) is 1. The summed E-state index contributed by atoms with van der Waals surface area (Å²) >= 11 is 0. The Kier molecular flexibility index (Phi) is 3.99. The molecule has 0 radical (unpaired) electrons. The number of nitrogens with one attached hydrogen (secondary N) is 1. The van der Waals surface area contributed by atoms with E-state index in [1.807, 2.05) is 24.2 Å². The Morgan fingerprint density at radius 3 is 2.81 bits per heavy atom. The Hall–Kier alpha value is -1.78. The fourth-order valence-electron chi connectivity index (χ4n) is 3.50. The van der Waals surface area contributed by atoms with Crippen LogP contribution < -0.4 is 5.32 Å². The summed E-state index contributed by atoms with van der Waals surface area (Å²) < 4.78 is 2.10. The Morgan fingerprint density at radius 1 is 1.29 bits per heavy atom. The number of rotatable bonds is 2. The van der Waals surface area contributed by atoms with Gasteiger partial charge < -0.3 is 14.8 Å². The van der Waals surface area contributed by atoms with Crippen LogP contribution in [0.5, 0.6) is 0 Å². The lowest BCUT2D eigenvalue weighted by Crippen LogP contribution is -2.46. The molecule has 2 atom stereocenters. The van der Waals surface area contributed by atoms with E-state index in [0.717, 1.165) is 25.8 Å². The third kappa shape index (κ3) is 2.82. The first-order chi connectivity index (χ1) is 10.2. The van der Waals surface area contributed by atoms with Crippen LogP contribution >= 0.6 is 0 Å². The van der Waals surface area contributed by atoms with Crippen LogP contribution in [0.15, 0.2) is 18.3 Å². The molecule has 21 heavy (non-hydrogen) atoms. The maximum Gasteiger partial charge on any atom is 0.245 e. The summed E-state index contributed by atoms with van der Waals surface area (Å²) in [4.78, 5) is 26.2. The lowest BCUT2D eigenvalue weighted by atomic mass is 10.1. The molecular weight excluding hydrogens is 266 g/mol. The van der Waals surface area contributed by atoms with E-state index < -0.39 is 0 Å². The summed E-state index contributed by atoms with van der Waals surface area (Å²) in [5.41, 5.74) is 1.19. The topological polar surface area (TPSA) is 54.3 Å². The Labute approximate surface area is 125 Å². The second-order valence-electron chi connectivity index (χ2n) is 6.10. The van der Waals surface area contributed by atoms with Crippen LogP contribution in [0.25, 0.3) is 0 Å². The highest BCUT2D eigenvalue weighted by Crippen LogP contribution is 2.31. The zero-order chi connectivity index (χ0) is 14.8. The van der Waals surface area contributed by atoms with Crippen LogP contribution in [0.2, 0.25) is 0 Å². The molecule has 1 N–H and O–H groups in total. The van der Waals surface area contributed by atoms with Gasteiger partial charge in [-0.25, -0.2) is 0 Å². The van der Waals surface area contributed by atoms with Crippen LogP contribution in [-0.2, 0) is 16.6 Å². The minimum atomic E-state index is -0.321. The number of aryl methyl sites for hydroxylation is 1. The molecule has 3 heterocycles. The molecule has 2 aliphatic rings. The van der Waals surface area contributed by atoms with Crippen LogP contribution in [0, 0.1) is 0 Å². The molecule has 114 valence electrons. The smallest absolute Gasteiger partial charge is 0.245 e. The van der Waals surface area contributed by atoms with Gasteiger partial charge in [0.15, 0.2) is 0 Å². The van der Waals surface area contributed by atoms with Gasteiger partial charge in [0.25, 0.3) is 0 Å². The first-order valence-corrected chi connectivity index (χ1v) is 7.88. The van der Waals surface area contributed by atoms with Gasteiger partial charge in [0.2, 0.25) is 11.8 Å². The van der Waals surface area contributed by atoms with E-state index in [4.69, 9.17) is 0 Å². The molecule has 1 aromatic heterocycles. The van der Waals surface area contributed by atoms with Gasteiger partial charge in [-0.05, 0) is 31.4 Å². The average Bonchev–Trinajstić information content (AvgIpc) is 3.00. The number of aromatic nitrogens is 1. The summed E-state index contributed by atoms with van der Waals surface area (Å²) in [6, 6.07) is 3.94. The molecule has 0 spiro atoms. The SMILES string of the molecule is Cn1cccc1[C@@H]1CCCCCN1C(=O)[C@H]1CCC(=O)N1. The number of carbonyl (C=O) groups is 2. The maximum atomic E-state index is 12.8. The highest BCUT2D eigenvalue weighted by atomic mass is 16.2. The van der Waals surface area contributed by atoms with E-state index in [1.165, 1.54) is 12.1 Å². The molecular formula is C16H23N3O2. The monoisotopic (exact) mass is 289 g/mol. The van der Waals surface area contributed by atoms with Gasteiger partial charge in [-0.3, -0.25) is 9.59 Å². The van der Waals surface area contributed by atoms with E-state index >= 15 is 0 Å². The van der Waals surface area contributed by atoms with E-state index in [-0.39, 0.29) is 23.9 Å². The van der Waals surface area contributed by atoms with Gasteiger partial charge in [0.05, 0.1) is 6.04 Å². The molecule has 0 unspecified atom stereocenters. The molecule has 0 aliphatic carbocycles. The quantitative estimate of drug-likeness (QED) is 0.902. The standard InChI is InChI=1S/C16H23N3O2/c1-18-10-5-7-13(18)14-6-3-2-4-11-19(14)16(21)12-8-9-15(20)17-12/h5,7,10,12,14H,2-4,6,8-9,11H2,1H3,(H,17,20)/t12-,14+/m1/s1. The Bertz CT molecular complexity index is 537. The molecule has 2 aliphatic heterocycles. The summed E-state index contributed by atoms with van der Waals surface area (Å²) in [6.07, 6.45) is 7.50. The fraction of sp³-hybridized carbons (Fsp3) is 0.625. The van der Waals surface area contributed by atoms with Crippen molar-refractivity contribution in [3.8, 4) is 0 Å². The highest BCUT2D eigenvalue weighted by Gasteiger charge is 2.35. The number of carbonyl (C=O) groups excluding carboxylic acids is 2. The minimum Gasteiger partial charge on any atom is -0.353 e. The zero-order valence-electron chi connectivity index (χ0n) is 12.5. The first-order valence-electron chi connectivity index (χ1n) is 7.88. The molecule has 0 aromatic carbocycles. The van der Waals surface area contributed by atoms with Crippen molar-refractivity contribution in [3.63, 3.8) is 0 Å². The summed E-state index contributed by atoms with van der Waals surface area (Å²) in [6.45, 7) is 0.793.